The summed E-state index contributed by atoms with van der Waals surface area (Å²) in [5.41, 5.74) is 1.10. The molecule has 2 nitrogen and oxygen atoms in total. The minimum Gasteiger partial charge on any atom is -0.486 e. The van der Waals surface area contributed by atoms with E-state index in [9.17, 15) is 4.79 Å². The molecule has 0 atom stereocenters. The van der Waals surface area contributed by atoms with Gasteiger partial charge in [0.15, 0.2) is 6.29 Å². The van der Waals surface area contributed by atoms with Crippen LogP contribution in [0.15, 0.2) is 22.7 Å². The maximum absolute atomic E-state index is 10.3. The Hall–Kier alpha value is -0.830. The molecule has 0 unspecified atom stereocenters. The summed E-state index contributed by atoms with van der Waals surface area (Å²) in [5, 5.41) is 0. The molecular formula is C12H15BrO2. The van der Waals surface area contributed by atoms with Crippen molar-refractivity contribution < 1.29 is 9.53 Å². The van der Waals surface area contributed by atoms with Gasteiger partial charge in [-0.3, -0.25) is 4.79 Å². The van der Waals surface area contributed by atoms with Crippen molar-refractivity contribution in [2.24, 2.45) is 0 Å². The van der Waals surface area contributed by atoms with Crippen LogP contribution >= 0.6 is 15.9 Å². The summed E-state index contributed by atoms with van der Waals surface area (Å²) in [7, 11) is 0. The Bertz CT molecular complexity index is 353. The molecular weight excluding hydrogens is 256 g/mol. The molecule has 0 aliphatic heterocycles. The standard InChI is InChI=1S/C12H15BrO2/c1-12(2,3)10-8-9(13)4-5-11(10)15-7-6-14/h4-6,8H,7H2,1-3H3. The van der Waals surface area contributed by atoms with Gasteiger partial charge in [-0.1, -0.05) is 36.7 Å². The Labute approximate surface area is 98.8 Å². The number of benzene rings is 1. The zero-order valence-corrected chi connectivity index (χ0v) is 10.8. The first-order valence-electron chi connectivity index (χ1n) is 4.81. The number of carbonyl (C=O) groups is 1. The highest BCUT2D eigenvalue weighted by Crippen LogP contribution is 2.33. The minimum atomic E-state index is 0.00198. The van der Waals surface area contributed by atoms with Crippen molar-refractivity contribution in [3.05, 3.63) is 28.2 Å². The quantitative estimate of drug-likeness (QED) is 0.788. The lowest BCUT2D eigenvalue weighted by molar-refractivity contribution is -0.109. The molecule has 0 bridgehead atoms. The van der Waals surface area contributed by atoms with Gasteiger partial charge in [0.2, 0.25) is 0 Å². The second kappa shape index (κ2) is 4.79. The summed E-state index contributed by atoms with van der Waals surface area (Å²) in [6.45, 7) is 6.44. The summed E-state index contributed by atoms with van der Waals surface area (Å²) in [5.74, 6) is 0.776. The van der Waals surface area contributed by atoms with Gasteiger partial charge < -0.3 is 4.74 Å². The third-order valence-electron chi connectivity index (χ3n) is 2.06. The fourth-order valence-electron chi connectivity index (χ4n) is 1.34. The molecule has 82 valence electrons. The van der Waals surface area contributed by atoms with E-state index in [2.05, 4.69) is 36.7 Å². The number of halogens is 1. The molecule has 0 aliphatic carbocycles. The van der Waals surface area contributed by atoms with Crippen LogP contribution < -0.4 is 4.74 Å². The van der Waals surface area contributed by atoms with Crippen molar-refractivity contribution in [2.45, 2.75) is 26.2 Å². The number of rotatable bonds is 3. The van der Waals surface area contributed by atoms with Crippen LogP contribution in [-0.4, -0.2) is 12.9 Å². The SMILES string of the molecule is CC(C)(C)c1cc(Br)ccc1OCC=O. The van der Waals surface area contributed by atoms with E-state index in [0.29, 0.717) is 0 Å². The zero-order chi connectivity index (χ0) is 11.5. The van der Waals surface area contributed by atoms with Gasteiger partial charge in [-0.25, -0.2) is 0 Å². The maximum Gasteiger partial charge on any atom is 0.157 e. The highest BCUT2D eigenvalue weighted by molar-refractivity contribution is 9.10. The molecule has 0 fully saturated rings. The lowest BCUT2D eigenvalue weighted by Gasteiger charge is -2.22. The van der Waals surface area contributed by atoms with Crippen molar-refractivity contribution in [2.75, 3.05) is 6.61 Å². The number of hydrogen-bond donors (Lipinski definition) is 0. The van der Waals surface area contributed by atoms with E-state index in [4.69, 9.17) is 4.74 Å². The van der Waals surface area contributed by atoms with Crippen LogP contribution in [-0.2, 0) is 10.2 Å². The molecule has 1 aromatic rings. The molecule has 15 heavy (non-hydrogen) atoms. The van der Waals surface area contributed by atoms with Gasteiger partial charge in [0.1, 0.15) is 12.4 Å². The summed E-state index contributed by atoms with van der Waals surface area (Å²) in [4.78, 5) is 10.3. The first-order valence-corrected chi connectivity index (χ1v) is 5.61. The highest BCUT2D eigenvalue weighted by Gasteiger charge is 2.19. The van der Waals surface area contributed by atoms with Crippen LogP contribution in [0.2, 0.25) is 0 Å². The van der Waals surface area contributed by atoms with E-state index in [0.717, 1.165) is 22.1 Å². The van der Waals surface area contributed by atoms with E-state index in [1.807, 2.05) is 18.2 Å². The van der Waals surface area contributed by atoms with Crippen LogP contribution in [0.4, 0.5) is 0 Å². The Morgan fingerprint density at radius 2 is 2.07 bits per heavy atom. The van der Waals surface area contributed by atoms with Crippen LogP contribution in [0.5, 0.6) is 5.75 Å². The van der Waals surface area contributed by atoms with Gasteiger partial charge in [-0.15, -0.1) is 0 Å². The van der Waals surface area contributed by atoms with Crippen LogP contribution in [0.3, 0.4) is 0 Å². The lowest BCUT2D eigenvalue weighted by atomic mass is 9.86. The number of ether oxygens (including phenoxy) is 1. The smallest absolute Gasteiger partial charge is 0.157 e. The van der Waals surface area contributed by atoms with Crippen molar-refractivity contribution in [3.63, 3.8) is 0 Å². The average Bonchev–Trinajstić information content (AvgIpc) is 2.14. The second-order valence-electron chi connectivity index (χ2n) is 4.37. The zero-order valence-electron chi connectivity index (χ0n) is 9.21. The van der Waals surface area contributed by atoms with Crippen molar-refractivity contribution in [3.8, 4) is 5.75 Å². The Kier molecular flexibility index (Phi) is 3.91. The largest absolute Gasteiger partial charge is 0.486 e. The monoisotopic (exact) mass is 270 g/mol. The third-order valence-corrected chi connectivity index (χ3v) is 2.55. The van der Waals surface area contributed by atoms with E-state index in [1.165, 1.54) is 0 Å². The summed E-state index contributed by atoms with van der Waals surface area (Å²) < 4.78 is 6.40. The first-order chi connectivity index (χ1) is 6.95. The molecule has 3 heteroatoms. The van der Waals surface area contributed by atoms with Crippen LogP contribution in [0.25, 0.3) is 0 Å². The Morgan fingerprint density at radius 3 is 2.60 bits per heavy atom. The van der Waals surface area contributed by atoms with Gasteiger partial charge in [0.05, 0.1) is 0 Å². The van der Waals surface area contributed by atoms with Crippen LogP contribution in [0.1, 0.15) is 26.3 Å². The number of carbonyl (C=O) groups excluding carboxylic acids is 1. The van der Waals surface area contributed by atoms with Gasteiger partial charge in [-0.2, -0.15) is 0 Å². The molecule has 0 radical (unpaired) electrons. The van der Waals surface area contributed by atoms with Gasteiger partial charge in [0, 0.05) is 10.0 Å². The fourth-order valence-corrected chi connectivity index (χ4v) is 1.70. The molecule has 0 saturated carbocycles. The van der Waals surface area contributed by atoms with Crippen molar-refractivity contribution in [1.29, 1.82) is 0 Å². The Balaban J connectivity index is 3.09. The van der Waals surface area contributed by atoms with Gasteiger partial charge in [0.25, 0.3) is 0 Å². The van der Waals surface area contributed by atoms with E-state index in [1.54, 1.807) is 0 Å². The predicted octanol–water partition coefficient (Wildman–Crippen LogP) is 3.32. The van der Waals surface area contributed by atoms with E-state index < -0.39 is 0 Å². The molecule has 0 amide bonds. The van der Waals surface area contributed by atoms with Gasteiger partial charge >= 0.3 is 0 Å². The van der Waals surface area contributed by atoms with Crippen molar-refractivity contribution >= 4 is 22.2 Å². The maximum atomic E-state index is 10.3. The van der Waals surface area contributed by atoms with E-state index in [-0.39, 0.29) is 12.0 Å². The highest BCUT2D eigenvalue weighted by atomic mass is 79.9. The number of hydrogen-bond acceptors (Lipinski definition) is 2. The minimum absolute atomic E-state index is 0.00198. The molecule has 1 aromatic carbocycles. The first kappa shape index (κ1) is 12.2. The molecule has 0 N–H and O–H groups in total. The van der Waals surface area contributed by atoms with Crippen molar-refractivity contribution in [1.82, 2.24) is 0 Å². The summed E-state index contributed by atoms with van der Waals surface area (Å²) in [6, 6.07) is 5.82. The molecule has 0 spiro atoms. The van der Waals surface area contributed by atoms with Crippen LogP contribution in [0, 0.1) is 0 Å². The lowest BCUT2D eigenvalue weighted by Crippen LogP contribution is -2.14. The third kappa shape index (κ3) is 3.34. The summed E-state index contributed by atoms with van der Waals surface area (Å²) in [6.07, 6.45) is 0.758. The molecule has 0 aliphatic rings. The molecule has 0 saturated heterocycles. The number of aldehydes is 1. The Morgan fingerprint density at radius 1 is 1.40 bits per heavy atom. The normalized spacial score (nSPS) is 11.2. The second-order valence-corrected chi connectivity index (χ2v) is 5.28. The van der Waals surface area contributed by atoms with E-state index >= 15 is 0 Å². The fraction of sp³-hybridized carbons (Fsp3) is 0.417. The molecule has 0 aromatic heterocycles. The molecule has 1 rings (SSSR count). The average molecular weight is 271 g/mol. The predicted molar refractivity (Wildman–Crippen MR) is 64.4 cm³/mol. The molecule has 0 heterocycles. The topological polar surface area (TPSA) is 26.3 Å². The van der Waals surface area contributed by atoms with Gasteiger partial charge in [-0.05, 0) is 23.6 Å². The summed E-state index contributed by atoms with van der Waals surface area (Å²) >= 11 is 3.43.